The van der Waals surface area contributed by atoms with Crippen LogP contribution in [-0.2, 0) is 32.1 Å². The Morgan fingerprint density at radius 2 is 1.87 bits per heavy atom. The van der Waals surface area contributed by atoms with E-state index in [2.05, 4.69) is 11.4 Å². The van der Waals surface area contributed by atoms with Gasteiger partial charge in [-0.1, -0.05) is 12.1 Å². The van der Waals surface area contributed by atoms with Crippen molar-refractivity contribution in [1.29, 1.82) is 0 Å². The van der Waals surface area contributed by atoms with Crippen molar-refractivity contribution in [2.45, 2.75) is 51.7 Å². The topological polar surface area (TPSA) is 84.9 Å². The molecule has 0 unspecified atom stereocenters. The zero-order valence-corrected chi connectivity index (χ0v) is 17.2. The molecule has 3 heterocycles. The van der Waals surface area contributed by atoms with E-state index in [-0.39, 0.29) is 29.9 Å². The highest BCUT2D eigenvalue weighted by Gasteiger charge is 2.55. The number of carbonyl (C=O) groups excluding carboxylic acids is 3. The standard InChI is InChI=1S/C23H26N2O5/c1-14-19(12-30-20(14)26)25-13-23(22(25)28)7-4-17(5-8-23)24-9-6-15-2-3-18-16(10-15)11-29-21(18)27/h2-3,10,17,24H,4-9,11-13H2,1H3. The van der Waals surface area contributed by atoms with Crippen LogP contribution in [-0.4, -0.2) is 48.5 Å². The molecule has 30 heavy (non-hydrogen) atoms. The SMILES string of the molecule is CC1=C(N2CC3(CCC(NCCc4ccc5c(c4)COC5=O)CC3)C2=O)COC1=O. The van der Waals surface area contributed by atoms with Crippen LogP contribution in [0.2, 0.25) is 0 Å². The van der Waals surface area contributed by atoms with Crippen molar-refractivity contribution in [2.75, 3.05) is 19.7 Å². The molecule has 1 aromatic carbocycles. The van der Waals surface area contributed by atoms with Gasteiger partial charge >= 0.3 is 11.9 Å². The van der Waals surface area contributed by atoms with E-state index in [0.717, 1.165) is 49.9 Å². The predicted octanol–water partition coefficient (Wildman–Crippen LogP) is 2.09. The van der Waals surface area contributed by atoms with Crippen LogP contribution in [0.5, 0.6) is 0 Å². The lowest BCUT2D eigenvalue weighted by atomic mass is 9.66. The molecule has 4 aliphatic rings. The summed E-state index contributed by atoms with van der Waals surface area (Å²) in [5.74, 6) is -0.383. The third kappa shape index (κ3) is 3.12. The molecule has 7 heteroatoms. The van der Waals surface area contributed by atoms with Gasteiger partial charge in [-0.15, -0.1) is 0 Å². The molecule has 1 aliphatic carbocycles. The van der Waals surface area contributed by atoms with Gasteiger partial charge in [0, 0.05) is 18.2 Å². The fraction of sp³-hybridized carbons (Fsp3) is 0.522. The van der Waals surface area contributed by atoms with E-state index in [1.807, 2.05) is 12.1 Å². The second kappa shape index (κ2) is 7.23. The summed E-state index contributed by atoms with van der Waals surface area (Å²) in [4.78, 5) is 37.7. The second-order valence-corrected chi connectivity index (χ2v) is 8.87. The van der Waals surface area contributed by atoms with Crippen LogP contribution < -0.4 is 5.32 Å². The van der Waals surface area contributed by atoms with E-state index in [4.69, 9.17) is 9.47 Å². The van der Waals surface area contributed by atoms with Gasteiger partial charge in [0.1, 0.15) is 13.2 Å². The Hall–Kier alpha value is -2.67. The summed E-state index contributed by atoms with van der Waals surface area (Å²) >= 11 is 0. The third-order valence-corrected chi connectivity index (χ3v) is 7.10. The predicted molar refractivity (Wildman–Crippen MR) is 107 cm³/mol. The van der Waals surface area contributed by atoms with Crippen molar-refractivity contribution in [1.82, 2.24) is 10.2 Å². The summed E-state index contributed by atoms with van der Waals surface area (Å²) in [5.41, 5.74) is 3.93. The summed E-state index contributed by atoms with van der Waals surface area (Å²) in [6.45, 7) is 3.91. The number of benzene rings is 1. The number of β-lactam (4-membered cyclic amide) rings is 1. The van der Waals surface area contributed by atoms with Crippen LogP contribution in [0.3, 0.4) is 0 Å². The lowest BCUT2D eigenvalue weighted by molar-refractivity contribution is -0.161. The lowest BCUT2D eigenvalue weighted by Gasteiger charge is -2.52. The van der Waals surface area contributed by atoms with Gasteiger partial charge in [0.2, 0.25) is 5.91 Å². The molecule has 0 aromatic heterocycles. The smallest absolute Gasteiger partial charge is 0.338 e. The second-order valence-electron chi connectivity index (χ2n) is 8.87. The Bertz CT molecular complexity index is 958. The van der Waals surface area contributed by atoms with E-state index < -0.39 is 0 Å². The first-order valence-corrected chi connectivity index (χ1v) is 10.7. The maximum absolute atomic E-state index is 12.9. The first-order valence-electron chi connectivity index (χ1n) is 10.7. The molecule has 1 aromatic rings. The Balaban J connectivity index is 1.09. The first kappa shape index (κ1) is 19.3. The maximum atomic E-state index is 12.9. The number of hydrogen-bond donors (Lipinski definition) is 1. The molecule has 0 radical (unpaired) electrons. The molecule has 0 bridgehead atoms. The molecule has 2 fully saturated rings. The van der Waals surface area contributed by atoms with Crippen LogP contribution >= 0.6 is 0 Å². The molecular formula is C23H26N2O5. The van der Waals surface area contributed by atoms with E-state index in [0.29, 0.717) is 30.3 Å². The Morgan fingerprint density at radius 3 is 2.57 bits per heavy atom. The zero-order valence-electron chi connectivity index (χ0n) is 17.2. The van der Waals surface area contributed by atoms with Gasteiger partial charge < -0.3 is 19.7 Å². The summed E-state index contributed by atoms with van der Waals surface area (Å²) < 4.78 is 10.1. The summed E-state index contributed by atoms with van der Waals surface area (Å²) in [5, 5.41) is 3.63. The van der Waals surface area contributed by atoms with Crippen molar-refractivity contribution in [3.63, 3.8) is 0 Å². The van der Waals surface area contributed by atoms with Crippen molar-refractivity contribution < 1.29 is 23.9 Å². The molecule has 7 nitrogen and oxygen atoms in total. The fourth-order valence-corrected chi connectivity index (χ4v) is 5.11. The van der Waals surface area contributed by atoms with E-state index in [1.54, 1.807) is 11.8 Å². The van der Waals surface area contributed by atoms with Gasteiger partial charge in [-0.25, -0.2) is 9.59 Å². The van der Waals surface area contributed by atoms with Gasteiger partial charge in [-0.05, 0) is 57.2 Å². The normalized spacial score (nSPS) is 28.0. The van der Waals surface area contributed by atoms with Crippen LogP contribution in [0.15, 0.2) is 29.5 Å². The monoisotopic (exact) mass is 410 g/mol. The number of likely N-dealkylation sites (tertiary alicyclic amines) is 1. The quantitative estimate of drug-likeness (QED) is 0.591. The molecule has 1 N–H and O–H groups in total. The van der Waals surface area contributed by atoms with Gasteiger partial charge in [0.15, 0.2) is 0 Å². The molecule has 3 aliphatic heterocycles. The average molecular weight is 410 g/mol. The van der Waals surface area contributed by atoms with Crippen molar-refractivity contribution in [2.24, 2.45) is 5.41 Å². The van der Waals surface area contributed by atoms with Gasteiger partial charge in [-0.3, -0.25) is 4.79 Å². The minimum absolute atomic E-state index is 0.156. The molecule has 0 atom stereocenters. The van der Waals surface area contributed by atoms with Crippen molar-refractivity contribution in [3.05, 3.63) is 46.2 Å². The Morgan fingerprint density at radius 1 is 1.10 bits per heavy atom. The van der Waals surface area contributed by atoms with Crippen LogP contribution in [0.25, 0.3) is 0 Å². The van der Waals surface area contributed by atoms with Crippen molar-refractivity contribution in [3.8, 4) is 0 Å². The maximum Gasteiger partial charge on any atom is 0.338 e. The van der Waals surface area contributed by atoms with E-state index >= 15 is 0 Å². The van der Waals surface area contributed by atoms with Crippen LogP contribution in [0, 0.1) is 5.41 Å². The molecule has 1 saturated heterocycles. The molecule has 1 saturated carbocycles. The average Bonchev–Trinajstić information content (AvgIpc) is 3.29. The number of fused-ring (bicyclic) bond motifs is 1. The molecule has 1 amide bonds. The minimum atomic E-state index is -0.311. The van der Waals surface area contributed by atoms with Gasteiger partial charge in [0.25, 0.3) is 0 Å². The Labute approximate surface area is 175 Å². The minimum Gasteiger partial charge on any atom is -0.457 e. The fourth-order valence-electron chi connectivity index (χ4n) is 5.11. The number of nitrogens with one attached hydrogen (secondary N) is 1. The third-order valence-electron chi connectivity index (χ3n) is 7.10. The van der Waals surface area contributed by atoms with E-state index in [1.165, 1.54) is 5.56 Å². The highest BCUT2D eigenvalue weighted by molar-refractivity contribution is 5.96. The number of rotatable bonds is 5. The van der Waals surface area contributed by atoms with Crippen LogP contribution in [0.4, 0.5) is 0 Å². The molecule has 158 valence electrons. The zero-order chi connectivity index (χ0) is 20.9. The summed E-state index contributed by atoms with van der Waals surface area (Å²) in [6, 6.07) is 6.35. The molecule has 1 spiro atoms. The first-order chi connectivity index (χ1) is 14.5. The molecular weight excluding hydrogens is 384 g/mol. The number of amides is 1. The number of carbonyl (C=O) groups is 3. The number of hydrogen-bond acceptors (Lipinski definition) is 6. The molecule has 5 rings (SSSR count). The van der Waals surface area contributed by atoms with Gasteiger partial charge in [0.05, 0.1) is 22.2 Å². The summed E-state index contributed by atoms with van der Waals surface area (Å²) in [7, 11) is 0. The number of ether oxygens (including phenoxy) is 2. The highest BCUT2D eigenvalue weighted by atomic mass is 16.5. The Kier molecular flexibility index (Phi) is 4.65. The number of cyclic esters (lactones) is 2. The highest BCUT2D eigenvalue weighted by Crippen LogP contribution is 2.47. The number of nitrogens with zero attached hydrogens (tertiary/aromatic N) is 1. The number of esters is 2. The summed E-state index contributed by atoms with van der Waals surface area (Å²) in [6.07, 6.45) is 4.65. The van der Waals surface area contributed by atoms with Crippen LogP contribution in [0.1, 0.15) is 54.1 Å². The van der Waals surface area contributed by atoms with E-state index in [9.17, 15) is 14.4 Å². The van der Waals surface area contributed by atoms with Gasteiger partial charge in [-0.2, -0.15) is 0 Å². The largest absolute Gasteiger partial charge is 0.457 e. The van der Waals surface area contributed by atoms with Crippen molar-refractivity contribution >= 4 is 17.8 Å². The lowest BCUT2D eigenvalue weighted by Crippen LogP contribution is -2.62.